The minimum atomic E-state index is -1.54. The summed E-state index contributed by atoms with van der Waals surface area (Å²) in [7, 11) is 0. The highest BCUT2D eigenvalue weighted by atomic mass is 16.4. The number of carbonyl (C=O) groups excluding carboxylic acids is 4. The van der Waals surface area contributed by atoms with Crippen LogP contribution in [0.15, 0.2) is 0 Å². The fraction of sp³-hybridized carbons (Fsp3) is 0.700. The summed E-state index contributed by atoms with van der Waals surface area (Å²) in [5.41, 5.74) is 10.9. The van der Waals surface area contributed by atoms with E-state index >= 15 is 0 Å². The van der Waals surface area contributed by atoms with Gasteiger partial charge in [-0.2, -0.15) is 0 Å². The van der Waals surface area contributed by atoms with E-state index in [2.05, 4.69) is 10.6 Å². The van der Waals surface area contributed by atoms with Crippen molar-refractivity contribution in [3.05, 3.63) is 0 Å². The highest BCUT2D eigenvalue weighted by Crippen LogP contribution is 2.19. The quantitative estimate of drug-likeness (QED) is 0.177. The van der Waals surface area contributed by atoms with Crippen LogP contribution in [0.3, 0.4) is 0 Å². The van der Waals surface area contributed by atoms with Gasteiger partial charge in [0.15, 0.2) is 0 Å². The van der Waals surface area contributed by atoms with Crippen LogP contribution in [-0.2, 0) is 28.8 Å². The lowest BCUT2D eigenvalue weighted by atomic mass is 10.0. The summed E-state index contributed by atoms with van der Waals surface area (Å²) in [6.07, 6.45) is 0.00656. The van der Waals surface area contributed by atoms with Crippen LogP contribution in [0.1, 0.15) is 52.4 Å². The van der Waals surface area contributed by atoms with Crippen molar-refractivity contribution in [2.75, 3.05) is 6.54 Å². The minimum absolute atomic E-state index is 0.00940. The molecule has 13 heteroatoms. The first-order chi connectivity index (χ1) is 15.3. The van der Waals surface area contributed by atoms with Crippen LogP contribution in [0.2, 0.25) is 0 Å². The molecule has 1 rings (SSSR count). The average molecular weight is 472 g/mol. The van der Waals surface area contributed by atoms with Gasteiger partial charge in [0, 0.05) is 13.0 Å². The van der Waals surface area contributed by atoms with Gasteiger partial charge < -0.3 is 37.2 Å². The number of carboxylic acids is 2. The lowest BCUT2D eigenvalue weighted by Crippen LogP contribution is -2.57. The van der Waals surface area contributed by atoms with Gasteiger partial charge in [-0.1, -0.05) is 13.8 Å². The van der Waals surface area contributed by atoms with E-state index in [-0.39, 0.29) is 38.1 Å². The molecule has 1 fully saturated rings. The molecule has 1 aliphatic rings. The normalized spacial score (nSPS) is 18.3. The van der Waals surface area contributed by atoms with E-state index < -0.39 is 66.2 Å². The van der Waals surface area contributed by atoms with E-state index in [1.807, 2.05) is 0 Å². The summed E-state index contributed by atoms with van der Waals surface area (Å²) in [5.74, 6) is -5.60. The fourth-order valence-corrected chi connectivity index (χ4v) is 3.55. The topological polar surface area (TPSA) is 222 Å². The standard InChI is InChI=1S/C20H33N5O8/c1-10(2)8-13(20(32)33)24-17(29)12(9-16(27)28)23-18(30)14-4-3-7-25(14)19(31)11(21)5-6-15(22)26/h10-14H,3-9,21H2,1-2H3,(H2,22,26)(H,23,30)(H,24,29)(H,27,28)(H,32,33). The Hall–Kier alpha value is -3.22. The number of hydrogen-bond acceptors (Lipinski definition) is 7. The van der Waals surface area contributed by atoms with Gasteiger partial charge >= 0.3 is 11.9 Å². The summed E-state index contributed by atoms with van der Waals surface area (Å²) in [4.78, 5) is 72.9. The molecule has 0 spiro atoms. The Bertz CT molecular complexity index is 772. The molecule has 0 aromatic heterocycles. The zero-order valence-corrected chi connectivity index (χ0v) is 18.8. The summed E-state index contributed by atoms with van der Waals surface area (Å²) in [6.45, 7) is 3.75. The lowest BCUT2D eigenvalue weighted by Gasteiger charge is -2.28. The maximum Gasteiger partial charge on any atom is 0.326 e. The molecule has 1 heterocycles. The number of aliphatic carboxylic acids is 2. The smallest absolute Gasteiger partial charge is 0.326 e. The molecule has 1 saturated heterocycles. The molecule has 13 nitrogen and oxygen atoms in total. The van der Waals surface area contributed by atoms with Crippen LogP contribution >= 0.6 is 0 Å². The second kappa shape index (κ2) is 12.7. The molecule has 0 aliphatic carbocycles. The number of hydrogen-bond donors (Lipinski definition) is 6. The van der Waals surface area contributed by atoms with Crippen molar-refractivity contribution >= 4 is 35.6 Å². The first kappa shape index (κ1) is 27.8. The predicted molar refractivity (Wildman–Crippen MR) is 114 cm³/mol. The summed E-state index contributed by atoms with van der Waals surface area (Å²) >= 11 is 0. The van der Waals surface area contributed by atoms with Gasteiger partial charge in [0.05, 0.1) is 12.5 Å². The van der Waals surface area contributed by atoms with Gasteiger partial charge in [-0.15, -0.1) is 0 Å². The minimum Gasteiger partial charge on any atom is -0.481 e. The molecule has 0 aromatic carbocycles. The maximum atomic E-state index is 12.8. The van der Waals surface area contributed by atoms with Crippen LogP contribution in [-0.4, -0.2) is 81.4 Å². The van der Waals surface area contributed by atoms with Gasteiger partial charge in [0.25, 0.3) is 0 Å². The van der Waals surface area contributed by atoms with E-state index in [1.165, 1.54) is 4.90 Å². The molecule has 0 radical (unpaired) electrons. The molecule has 4 unspecified atom stereocenters. The van der Waals surface area contributed by atoms with Gasteiger partial charge in [0.2, 0.25) is 23.6 Å². The van der Waals surface area contributed by atoms with Crippen LogP contribution in [0.4, 0.5) is 0 Å². The Labute approximate surface area is 191 Å². The molecule has 8 N–H and O–H groups in total. The van der Waals surface area contributed by atoms with Gasteiger partial charge in [-0.25, -0.2) is 4.79 Å². The SMILES string of the molecule is CC(C)CC(NC(=O)C(CC(=O)O)NC(=O)C1CCCN1C(=O)C(N)CCC(N)=O)C(=O)O. The maximum absolute atomic E-state index is 12.8. The van der Waals surface area contributed by atoms with E-state index in [0.29, 0.717) is 6.42 Å². The number of likely N-dealkylation sites (tertiary alicyclic amines) is 1. The molecular formula is C20H33N5O8. The molecule has 0 bridgehead atoms. The summed E-state index contributed by atoms with van der Waals surface area (Å²) in [5, 5.41) is 23.1. The molecule has 4 amide bonds. The zero-order chi connectivity index (χ0) is 25.3. The summed E-state index contributed by atoms with van der Waals surface area (Å²) < 4.78 is 0. The van der Waals surface area contributed by atoms with Crippen molar-refractivity contribution in [1.29, 1.82) is 0 Å². The predicted octanol–water partition coefficient (Wildman–Crippen LogP) is -1.85. The monoisotopic (exact) mass is 471 g/mol. The molecule has 1 aliphatic heterocycles. The Morgan fingerprint density at radius 3 is 2.21 bits per heavy atom. The van der Waals surface area contributed by atoms with E-state index in [1.54, 1.807) is 13.8 Å². The largest absolute Gasteiger partial charge is 0.481 e. The van der Waals surface area contributed by atoms with Crippen LogP contribution in [0.5, 0.6) is 0 Å². The number of carboxylic acid groups (broad SMARTS) is 2. The first-order valence-electron chi connectivity index (χ1n) is 10.7. The third-order valence-corrected chi connectivity index (χ3v) is 5.19. The second-order valence-corrected chi connectivity index (χ2v) is 8.49. The van der Waals surface area contributed by atoms with Crippen molar-refractivity contribution in [1.82, 2.24) is 15.5 Å². The Balaban J connectivity index is 2.90. The van der Waals surface area contributed by atoms with Crippen LogP contribution in [0.25, 0.3) is 0 Å². The number of carbonyl (C=O) groups is 6. The number of nitrogens with zero attached hydrogens (tertiary/aromatic N) is 1. The van der Waals surface area contributed by atoms with Crippen molar-refractivity contribution < 1.29 is 39.0 Å². The van der Waals surface area contributed by atoms with Crippen molar-refractivity contribution in [3.8, 4) is 0 Å². The number of primary amides is 1. The highest BCUT2D eigenvalue weighted by Gasteiger charge is 2.38. The Morgan fingerprint density at radius 2 is 1.70 bits per heavy atom. The van der Waals surface area contributed by atoms with Crippen molar-refractivity contribution in [2.45, 2.75) is 76.5 Å². The van der Waals surface area contributed by atoms with Crippen LogP contribution in [0, 0.1) is 5.92 Å². The fourth-order valence-electron chi connectivity index (χ4n) is 3.55. The number of nitrogens with one attached hydrogen (secondary N) is 2. The zero-order valence-electron chi connectivity index (χ0n) is 18.8. The molecule has 33 heavy (non-hydrogen) atoms. The molecule has 0 saturated carbocycles. The average Bonchev–Trinajstić information content (AvgIpc) is 3.19. The lowest BCUT2D eigenvalue weighted by molar-refractivity contribution is -0.145. The Morgan fingerprint density at radius 1 is 1.06 bits per heavy atom. The van der Waals surface area contributed by atoms with Crippen molar-refractivity contribution in [2.24, 2.45) is 17.4 Å². The van der Waals surface area contributed by atoms with Crippen molar-refractivity contribution in [3.63, 3.8) is 0 Å². The first-order valence-corrected chi connectivity index (χ1v) is 10.7. The number of amides is 4. The summed E-state index contributed by atoms with van der Waals surface area (Å²) in [6, 6.07) is -4.81. The third-order valence-electron chi connectivity index (χ3n) is 5.19. The van der Waals surface area contributed by atoms with E-state index in [4.69, 9.17) is 16.6 Å². The molecule has 4 atom stereocenters. The van der Waals surface area contributed by atoms with Crippen LogP contribution < -0.4 is 22.1 Å². The molecule has 0 aromatic rings. The second-order valence-electron chi connectivity index (χ2n) is 8.49. The van der Waals surface area contributed by atoms with E-state index in [0.717, 1.165) is 0 Å². The van der Waals surface area contributed by atoms with E-state index in [9.17, 15) is 33.9 Å². The molecule has 186 valence electrons. The molecular weight excluding hydrogens is 438 g/mol. The van der Waals surface area contributed by atoms with Gasteiger partial charge in [-0.3, -0.25) is 24.0 Å². The number of rotatable bonds is 13. The Kier molecular flexibility index (Phi) is 10.7. The number of nitrogens with two attached hydrogens (primary N) is 2. The third kappa shape index (κ3) is 9.04. The van der Waals surface area contributed by atoms with Gasteiger partial charge in [0.1, 0.15) is 18.1 Å². The highest BCUT2D eigenvalue weighted by molar-refractivity contribution is 5.96. The van der Waals surface area contributed by atoms with Gasteiger partial charge in [-0.05, 0) is 31.6 Å².